The molecule has 0 aromatic rings. The Bertz CT molecular complexity index is 239. The molecule has 1 saturated heterocycles. The van der Waals surface area contributed by atoms with Gasteiger partial charge >= 0.3 is 6.03 Å². The summed E-state index contributed by atoms with van der Waals surface area (Å²) in [6.45, 7) is 3.79. The lowest BCUT2D eigenvalue weighted by molar-refractivity contribution is 0.128. The summed E-state index contributed by atoms with van der Waals surface area (Å²) in [6, 6.07) is 0.288. The fourth-order valence-corrected chi connectivity index (χ4v) is 2.85. The average molecular weight is 260 g/mol. The maximum Gasteiger partial charge on any atom is 0.317 e. The highest BCUT2D eigenvalue weighted by Crippen LogP contribution is 2.16. The van der Waals surface area contributed by atoms with Crippen LogP contribution in [0.2, 0.25) is 0 Å². The minimum atomic E-state index is 0.0315. The molecule has 100 valence electrons. The lowest BCUT2D eigenvalue weighted by Crippen LogP contribution is -2.49. The van der Waals surface area contributed by atoms with Crippen LogP contribution in [0, 0.1) is 5.92 Å². The zero-order valence-electron chi connectivity index (χ0n) is 10.8. The van der Waals surface area contributed by atoms with Gasteiger partial charge in [-0.05, 0) is 31.4 Å². The van der Waals surface area contributed by atoms with Crippen LogP contribution in [0.1, 0.15) is 26.2 Å². The molecule has 1 aliphatic rings. The smallest absolute Gasteiger partial charge is 0.317 e. The number of urea groups is 1. The maximum absolute atomic E-state index is 12.0. The summed E-state index contributed by atoms with van der Waals surface area (Å²) in [7, 11) is 0. The number of hydrogen-bond donors (Lipinski definition) is 2. The minimum Gasteiger partial charge on any atom is -0.396 e. The second kappa shape index (κ2) is 7.82. The van der Waals surface area contributed by atoms with Gasteiger partial charge in [-0.3, -0.25) is 0 Å². The van der Waals surface area contributed by atoms with E-state index in [1.54, 1.807) is 11.8 Å². The molecule has 0 aromatic heterocycles. The van der Waals surface area contributed by atoms with Gasteiger partial charge in [-0.1, -0.05) is 6.92 Å². The van der Waals surface area contributed by atoms with Crippen LogP contribution >= 0.6 is 11.8 Å². The molecule has 4 nitrogen and oxygen atoms in total. The van der Waals surface area contributed by atoms with E-state index in [1.807, 2.05) is 4.90 Å². The first-order chi connectivity index (χ1) is 8.21. The Morgan fingerprint density at radius 3 is 3.00 bits per heavy atom. The first kappa shape index (κ1) is 14.6. The topological polar surface area (TPSA) is 52.6 Å². The van der Waals surface area contributed by atoms with Crippen molar-refractivity contribution >= 4 is 17.8 Å². The zero-order valence-corrected chi connectivity index (χ0v) is 11.6. The van der Waals surface area contributed by atoms with Crippen LogP contribution in [0.25, 0.3) is 0 Å². The number of carbonyl (C=O) groups is 1. The van der Waals surface area contributed by atoms with Crippen molar-refractivity contribution in [2.45, 2.75) is 32.2 Å². The quantitative estimate of drug-likeness (QED) is 0.788. The number of aliphatic hydroxyl groups excluding tert-OH is 1. The highest BCUT2D eigenvalue weighted by atomic mass is 32.2. The van der Waals surface area contributed by atoms with Crippen molar-refractivity contribution in [2.24, 2.45) is 5.92 Å². The summed E-state index contributed by atoms with van der Waals surface area (Å²) in [6.07, 6.45) is 5.04. The van der Waals surface area contributed by atoms with E-state index in [0.29, 0.717) is 6.54 Å². The Morgan fingerprint density at radius 1 is 1.65 bits per heavy atom. The summed E-state index contributed by atoms with van der Waals surface area (Å²) in [5.41, 5.74) is 0. The van der Waals surface area contributed by atoms with Crippen LogP contribution in [0.15, 0.2) is 0 Å². The molecule has 2 atom stereocenters. The zero-order chi connectivity index (χ0) is 12.7. The van der Waals surface area contributed by atoms with E-state index in [0.717, 1.165) is 31.6 Å². The number of amides is 2. The van der Waals surface area contributed by atoms with Crippen molar-refractivity contribution in [3.63, 3.8) is 0 Å². The van der Waals surface area contributed by atoms with E-state index in [4.69, 9.17) is 5.11 Å². The van der Waals surface area contributed by atoms with Crippen LogP contribution in [0.4, 0.5) is 4.79 Å². The molecular formula is C12H24N2O2S. The maximum atomic E-state index is 12.0. The molecule has 1 aliphatic heterocycles. The van der Waals surface area contributed by atoms with Crippen molar-refractivity contribution in [1.82, 2.24) is 10.2 Å². The van der Waals surface area contributed by atoms with E-state index in [-0.39, 0.29) is 24.6 Å². The van der Waals surface area contributed by atoms with Crippen LogP contribution in [0.5, 0.6) is 0 Å². The Labute approximate surface area is 108 Å². The predicted molar refractivity (Wildman–Crippen MR) is 72.4 cm³/mol. The number of piperidine rings is 1. The summed E-state index contributed by atoms with van der Waals surface area (Å²) < 4.78 is 0. The Hall–Kier alpha value is -0.420. The van der Waals surface area contributed by atoms with Crippen molar-refractivity contribution in [2.75, 3.05) is 31.7 Å². The third-order valence-corrected chi connectivity index (χ3v) is 3.99. The van der Waals surface area contributed by atoms with Crippen LogP contribution in [-0.4, -0.2) is 53.8 Å². The Balaban J connectivity index is 2.40. The monoisotopic (exact) mass is 260 g/mol. The lowest BCUT2D eigenvalue weighted by atomic mass is 9.99. The fraction of sp³-hybridized carbons (Fsp3) is 0.917. The second-order valence-electron chi connectivity index (χ2n) is 4.65. The number of aliphatic hydroxyl groups is 1. The molecule has 0 radical (unpaired) electrons. The molecular weight excluding hydrogens is 236 g/mol. The highest BCUT2D eigenvalue weighted by Gasteiger charge is 2.24. The molecule has 2 N–H and O–H groups in total. The molecule has 2 unspecified atom stereocenters. The van der Waals surface area contributed by atoms with Gasteiger partial charge in [-0.15, -0.1) is 0 Å². The Morgan fingerprint density at radius 2 is 2.41 bits per heavy atom. The van der Waals surface area contributed by atoms with E-state index in [2.05, 4.69) is 18.5 Å². The normalized spacial score (nSPS) is 22.3. The van der Waals surface area contributed by atoms with E-state index >= 15 is 0 Å². The van der Waals surface area contributed by atoms with Crippen molar-refractivity contribution in [1.29, 1.82) is 0 Å². The molecule has 5 heteroatoms. The van der Waals surface area contributed by atoms with Crippen molar-refractivity contribution in [3.05, 3.63) is 0 Å². The summed E-state index contributed by atoms with van der Waals surface area (Å²) in [4.78, 5) is 13.9. The third kappa shape index (κ3) is 4.76. The summed E-state index contributed by atoms with van der Waals surface area (Å²) in [5, 5.41) is 12.2. The minimum absolute atomic E-state index is 0.0315. The summed E-state index contributed by atoms with van der Waals surface area (Å²) >= 11 is 1.75. The molecule has 17 heavy (non-hydrogen) atoms. The lowest BCUT2D eigenvalue weighted by Gasteiger charge is -2.33. The second-order valence-corrected chi connectivity index (χ2v) is 5.56. The standard InChI is InChI=1S/C12H24N2O2S/c1-3-11(9-17-2)13-12(16)14-6-4-5-10(7-14)8-15/h10-11,15H,3-9H2,1-2H3,(H,13,16). The van der Waals surface area contributed by atoms with Crippen molar-refractivity contribution in [3.8, 4) is 0 Å². The first-order valence-electron chi connectivity index (χ1n) is 6.36. The van der Waals surface area contributed by atoms with Gasteiger partial charge in [0.15, 0.2) is 0 Å². The van der Waals surface area contributed by atoms with Crippen LogP contribution in [0.3, 0.4) is 0 Å². The van der Waals surface area contributed by atoms with Gasteiger partial charge in [0.2, 0.25) is 0 Å². The van der Waals surface area contributed by atoms with Gasteiger partial charge in [-0.25, -0.2) is 4.79 Å². The molecule has 1 rings (SSSR count). The van der Waals surface area contributed by atoms with Gasteiger partial charge in [0.05, 0.1) is 0 Å². The van der Waals surface area contributed by atoms with Crippen molar-refractivity contribution < 1.29 is 9.90 Å². The number of thioether (sulfide) groups is 1. The van der Waals surface area contributed by atoms with E-state index < -0.39 is 0 Å². The van der Waals surface area contributed by atoms with Gasteiger partial charge in [0.1, 0.15) is 0 Å². The average Bonchev–Trinajstić information content (AvgIpc) is 2.38. The molecule has 1 fully saturated rings. The fourth-order valence-electron chi connectivity index (χ4n) is 2.13. The number of hydrogen-bond acceptors (Lipinski definition) is 3. The van der Waals surface area contributed by atoms with Gasteiger partial charge in [0.25, 0.3) is 0 Å². The molecule has 1 heterocycles. The SMILES string of the molecule is CCC(CSC)NC(=O)N1CCCC(CO)C1. The predicted octanol–water partition coefficient (Wildman–Crippen LogP) is 1.54. The van der Waals surface area contributed by atoms with Gasteiger partial charge in [-0.2, -0.15) is 11.8 Å². The van der Waals surface area contributed by atoms with E-state index in [1.165, 1.54) is 0 Å². The molecule has 2 amide bonds. The summed E-state index contributed by atoms with van der Waals surface area (Å²) in [5.74, 6) is 1.22. The molecule has 0 saturated carbocycles. The molecule has 0 aromatic carbocycles. The molecule has 0 aliphatic carbocycles. The largest absolute Gasteiger partial charge is 0.396 e. The third-order valence-electron chi connectivity index (χ3n) is 3.25. The Kier molecular flexibility index (Phi) is 6.73. The number of likely N-dealkylation sites (tertiary alicyclic amines) is 1. The molecule has 0 spiro atoms. The number of rotatable bonds is 5. The molecule has 0 bridgehead atoms. The van der Waals surface area contributed by atoms with Gasteiger partial charge < -0.3 is 15.3 Å². The van der Waals surface area contributed by atoms with E-state index in [9.17, 15) is 4.79 Å². The van der Waals surface area contributed by atoms with Crippen LogP contribution in [-0.2, 0) is 0 Å². The number of nitrogens with one attached hydrogen (secondary N) is 1. The highest BCUT2D eigenvalue weighted by molar-refractivity contribution is 7.98. The first-order valence-corrected chi connectivity index (χ1v) is 7.75. The van der Waals surface area contributed by atoms with Crippen LogP contribution < -0.4 is 5.32 Å². The van der Waals surface area contributed by atoms with Gasteiger partial charge in [0, 0.05) is 31.5 Å². The number of carbonyl (C=O) groups excluding carboxylic acids is 1. The number of nitrogens with zero attached hydrogens (tertiary/aromatic N) is 1.